The normalized spacial score (nSPS) is 21.9. The quantitative estimate of drug-likeness (QED) is 0.759. The molecule has 0 saturated carbocycles. The van der Waals surface area contributed by atoms with Crippen LogP contribution in [0.1, 0.15) is 11.4 Å². The summed E-state index contributed by atoms with van der Waals surface area (Å²) < 4.78 is 1.58. The van der Waals surface area contributed by atoms with Crippen LogP contribution in [0, 0.1) is 0 Å². The maximum atomic E-state index is 13.0. The van der Waals surface area contributed by atoms with Crippen LogP contribution in [0.4, 0.5) is 0 Å². The van der Waals surface area contributed by atoms with Crippen molar-refractivity contribution in [2.24, 2.45) is 0 Å². The molecule has 0 fully saturated rings. The Morgan fingerprint density at radius 3 is 2.52 bits per heavy atom. The van der Waals surface area contributed by atoms with E-state index < -0.39 is 0 Å². The zero-order valence-corrected chi connectivity index (χ0v) is 15.3. The molecule has 0 amide bonds. The van der Waals surface area contributed by atoms with Gasteiger partial charge in [0, 0.05) is 17.7 Å². The van der Waals surface area contributed by atoms with Gasteiger partial charge in [-0.05, 0) is 6.08 Å². The first-order valence-corrected chi connectivity index (χ1v) is 9.44. The van der Waals surface area contributed by atoms with Crippen molar-refractivity contribution in [2.75, 3.05) is 0 Å². The van der Waals surface area contributed by atoms with Crippen LogP contribution in [0.3, 0.4) is 0 Å². The average Bonchev–Trinajstić information content (AvgIpc) is 3.11. The zero-order valence-electron chi connectivity index (χ0n) is 14.5. The summed E-state index contributed by atoms with van der Waals surface area (Å²) in [4.78, 5) is 22.8. The average molecular weight is 371 g/mol. The topological polar surface area (TPSA) is 47.8 Å². The Balaban J connectivity index is 1.78. The number of fused-ring (bicyclic) bond motifs is 1. The highest BCUT2D eigenvalue weighted by Crippen LogP contribution is 2.26. The number of hydrogen-bond donors (Lipinski definition) is 0. The molecule has 132 valence electrons. The van der Waals surface area contributed by atoms with E-state index in [0.29, 0.717) is 16.8 Å². The van der Waals surface area contributed by atoms with E-state index >= 15 is 0 Å². The highest BCUT2D eigenvalue weighted by molar-refractivity contribution is 7.19. The van der Waals surface area contributed by atoms with E-state index in [1.807, 2.05) is 85.1 Å². The van der Waals surface area contributed by atoms with Gasteiger partial charge >= 0.3 is 0 Å². The Labute approximate surface area is 160 Å². The molecule has 2 aliphatic rings. The fourth-order valence-corrected chi connectivity index (χ4v) is 3.63. The van der Waals surface area contributed by atoms with Crippen LogP contribution in [0.25, 0.3) is 21.6 Å². The molecule has 2 aromatic heterocycles. The van der Waals surface area contributed by atoms with Crippen LogP contribution in [0.2, 0.25) is 0 Å². The second-order valence-corrected chi connectivity index (χ2v) is 6.88. The number of aromatic nitrogens is 3. The highest BCUT2D eigenvalue weighted by atomic mass is 32.1. The second-order valence-electron chi connectivity index (χ2n) is 5.90. The molecule has 0 unspecified atom stereocenters. The van der Waals surface area contributed by atoms with Crippen LogP contribution < -0.4 is 5.56 Å². The van der Waals surface area contributed by atoms with E-state index in [9.17, 15) is 4.79 Å². The van der Waals surface area contributed by atoms with Crippen molar-refractivity contribution in [3.63, 3.8) is 0 Å². The van der Waals surface area contributed by atoms with Gasteiger partial charge in [-0.25, -0.2) is 9.97 Å². The molecule has 0 aromatic carbocycles. The molecule has 0 bridgehead atoms. The summed E-state index contributed by atoms with van der Waals surface area (Å²) in [5.74, 6) is 0. The second kappa shape index (κ2) is 7.93. The van der Waals surface area contributed by atoms with E-state index in [2.05, 4.69) is 9.97 Å². The van der Waals surface area contributed by atoms with Crippen LogP contribution in [-0.4, -0.2) is 14.5 Å². The Morgan fingerprint density at radius 2 is 1.63 bits per heavy atom. The Bertz CT molecular complexity index is 1160. The monoisotopic (exact) mass is 371 g/mol. The minimum absolute atomic E-state index is 0.145. The van der Waals surface area contributed by atoms with Gasteiger partial charge in [-0.1, -0.05) is 90.3 Å². The van der Waals surface area contributed by atoms with Gasteiger partial charge in [-0.2, -0.15) is 0 Å². The summed E-state index contributed by atoms with van der Waals surface area (Å²) in [5, 5.41) is 0.788. The molecule has 2 aromatic rings. The minimum Gasteiger partial charge on any atom is -0.269 e. The minimum atomic E-state index is -0.145. The number of allylic oxidation sites excluding steroid dienone is 16. The molecule has 2 heterocycles. The van der Waals surface area contributed by atoms with E-state index in [4.69, 9.17) is 0 Å². The number of nitrogens with zero attached hydrogens (tertiary/aromatic N) is 3. The molecule has 0 atom stereocenters. The van der Waals surface area contributed by atoms with Gasteiger partial charge in [0.15, 0.2) is 10.3 Å². The van der Waals surface area contributed by atoms with Crippen LogP contribution in [0.5, 0.6) is 0 Å². The molecule has 0 N–H and O–H groups in total. The lowest BCUT2D eigenvalue weighted by atomic mass is 10.2. The Hall–Kier alpha value is -3.31. The predicted octanol–water partition coefficient (Wildman–Crippen LogP) is 4.83. The largest absolute Gasteiger partial charge is 0.285 e. The summed E-state index contributed by atoms with van der Waals surface area (Å²) in [7, 11) is 0. The first kappa shape index (κ1) is 17.1. The third-order valence-corrected chi connectivity index (χ3v) is 5.08. The first-order valence-electron chi connectivity index (χ1n) is 8.62. The highest BCUT2D eigenvalue weighted by Gasteiger charge is 2.14. The van der Waals surface area contributed by atoms with Crippen molar-refractivity contribution in [1.82, 2.24) is 14.5 Å². The summed E-state index contributed by atoms with van der Waals surface area (Å²) >= 11 is 1.43. The number of rotatable bonds is 2. The van der Waals surface area contributed by atoms with Crippen molar-refractivity contribution < 1.29 is 0 Å². The van der Waals surface area contributed by atoms with E-state index in [1.165, 1.54) is 11.3 Å². The molecular weight excluding hydrogens is 354 g/mol. The SMILES string of the molecule is O=c1c2nc(C3=CC=CC=CC=C3)sc2ncn1/C1=C/C=C\C=C/C=C\C1. The summed E-state index contributed by atoms with van der Waals surface area (Å²) in [6.45, 7) is 0. The fraction of sp³-hybridized carbons (Fsp3) is 0.0455. The van der Waals surface area contributed by atoms with E-state index in [1.54, 1.807) is 10.9 Å². The first-order chi connectivity index (χ1) is 13.3. The van der Waals surface area contributed by atoms with Gasteiger partial charge < -0.3 is 0 Å². The van der Waals surface area contributed by atoms with E-state index in [-0.39, 0.29) is 5.56 Å². The lowest BCUT2D eigenvalue weighted by Gasteiger charge is -2.07. The molecule has 5 heteroatoms. The molecule has 2 aliphatic carbocycles. The standard InChI is InChI=1S/C22H17N3OS/c26-22-19-21(27-20(24-19)17-12-8-4-3-5-9-13-17)23-16-25(22)18-14-10-6-1-2-7-11-15-18/h1-14,16H,15H2/b2-1-,4-3?,5-3?,8-4?,9-5?,10-6-,11-7-,12-8?,13-9?,17-12?,17-13?,18-14+. The van der Waals surface area contributed by atoms with Crippen molar-refractivity contribution in [3.05, 3.63) is 107 Å². The smallest absolute Gasteiger partial charge is 0.269 e. The van der Waals surface area contributed by atoms with Crippen LogP contribution in [0.15, 0.2) is 96.2 Å². The molecule has 4 rings (SSSR count). The number of thiazole rings is 1. The van der Waals surface area contributed by atoms with Crippen LogP contribution in [-0.2, 0) is 0 Å². The molecule has 0 aliphatic heterocycles. The summed E-state index contributed by atoms with van der Waals surface area (Å²) in [6.07, 6.45) is 29.7. The molecule has 0 spiro atoms. The predicted molar refractivity (Wildman–Crippen MR) is 113 cm³/mol. The van der Waals surface area contributed by atoms with E-state index in [0.717, 1.165) is 16.3 Å². The number of hydrogen-bond acceptors (Lipinski definition) is 4. The lowest BCUT2D eigenvalue weighted by Crippen LogP contribution is -2.19. The molecule has 0 radical (unpaired) electrons. The molecule has 4 nitrogen and oxygen atoms in total. The maximum Gasteiger partial charge on any atom is 0.285 e. The third-order valence-electron chi connectivity index (χ3n) is 4.07. The Kier molecular flexibility index (Phi) is 5.03. The fourth-order valence-electron chi connectivity index (χ4n) is 2.73. The Morgan fingerprint density at radius 1 is 0.889 bits per heavy atom. The van der Waals surface area contributed by atoms with Gasteiger partial charge in [0.25, 0.3) is 5.56 Å². The molecule has 27 heavy (non-hydrogen) atoms. The molecule has 0 saturated heterocycles. The lowest BCUT2D eigenvalue weighted by molar-refractivity contribution is 0.954. The van der Waals surface area contributed by atoms with Gasteiger partial charge in [0.2, 0.25) is 0 Å². The van der Waals surface area contributed by atoms with Crippen LogP contribution >= 0.6 is 11.3 Å². The zero-order chi connectivity index (χ0) is 18.5. The van der Waals surface area contributed by atoms with Gasteiger partial charge in [-0.3, -0.25) is 9.36 Å². The third kappa shape index (κ3) is 3.78. The summed E-state index contributed by atoms with van der Waals surface area (Å²) in [6, 6.07) is 0. The summed E-state index contributed by atoms with van der Waals surface area (Å²) in [5.41, 5.74) is 2.08. The van der Waals surface area contributed by atoms with Gasteiger partial charge in [0.05, 0.1) is 0 Å². The van der Waals surface area contributed by atoms with Crippen molar-refractivity contribution in [3.8, 4) is 0 Å². The molecular formula is C22H17N3OS. The van der Waals surface area contributed by atoms with Crippen molar-refractivity contribution >= 4 is 33.0 Å². The van der Waals surface area contributed by atoms with Crippen molar-refractivity contribution in [1.29, 1.82) is 0 Å². The van der Waals surface area contributed by atoms with Crippen molar-refractivity contribution in [2.45, 2.75) is 6.42 Å². The van der Waals surface area contributed by atoms with Gasteiger partial charge in [0.1, 0.15) is 11.3 Å². The van der Waals surface area contributed by atoms with Gasteiger partial charge in [-0.15, -0.1) is 0 Å². The maximum absolute atomic E-state index is 13.0.